The smallest absolute Gasteiger partial charge is 0.278 e. The summed E-state index contributed by atoms with van der Waals surface area (Å²) in [5.74, 6) is 0.906. The van der Waals surface area contributed by atoms with Crippen molar-refractivity contribution in [1.82, 2.24) is 29.6 Å². The molecule has 5 heterocycles. The normalized spacial score (nSPS) is 15.7. The zero-order valence-corrected chi connectivity index (χ0v) is 19.7. The number of nitrogens with zero attached hydrogens (tertiary/aromatic N) is 5. The van der Waals surface area contributed by atoms with Crippen LogP contribution in [0.5, 0.6) is 5.88 Å². The van der Waals surface area contributed by atoms with Crippen molar-refractivity contribution < 1.29 is 9.47 Å². The van der Waals surface area contributed by atoms with Crippen molar-refractivity contribution in [2.75, 3.05) is 25.1 Å². The quantitative estimate of drug-likeness (QED) is 0.440. The number of hydrogen-bond donors (Lipinski definition) is 2. The minimum Gasteiger partial charge on any atom is -0.469 e. The average Bonchev–Trinajstić information content (AvgIpc) is 3.13. The molecule has 0 unspecified atom stereocenters. The molecule has 2 aliphatic heterocycles. The number of nitrogens with one attached hydrogen (secondary N) is 2. The minimum absolute atomic E-state index is 0.00334. The van der Waals surface area contributed by atoms with E-state index in [9.17, 15) is 4.79 Å². The molecule has 2 aliphatic rings. The van der Waals surface area contributed by atoms with Crippen molar-refractivity contribution in [2.24, 2.45) is 0 Å². The molecule has 35 heavy (non-hydrogen) atoms. The maximum atomic E-state index is 13.3. The molecule has 0 saturated carbocycles. The molecule has 1 saturated heterocycles. The third kappa shape index (κ3) is 4.04. The number of fused-ring (bicyclic) bond motifs is 2. The number of aromatic nitrogens is 5. The maximum absolute atomic E-state index is 13.3. The maximum Gasteiger partial charge on any atom is 0.278 e. The number of anilines is 2. The summed E-state index contributed by atoms with van der Waals surface area (Å²) in [5.41, 5.74) is 4.65. The average molecular weight is 474 g/mol. The fourth-order valence-corrected chi connectivity index (χ4v) is 4.51. The monoisotopic (exact) mass is 473 g/mol. The predicted octanol–water partition coefficient (Wildman–Crippen LogP) is 2.73. The van der Waals surface area contributed by atoms with Gasteiger partial charge in [-0.3, -0.25) is 4.79 Å². The zero-order valence-electron chi connectivity index (χ0n) is 19.7. The van der Waals surface area contributed by atoms with E-state index in [1.165, 1.54) is 11.1 Å². The molecular weight excluding hydrogens is 446 g/mol. The second kappa shape index (κ2) is 8.79. The lowest BCUT2D eigenvalue weighted by molar-refractivity contribution is -0.0813. The second-order valence-corrected chi connectivity index (χ2v) is 9.15. The lowest BCUT2D eigenvalue weighted by Crippen LogP contribution is -2.38. The number of rotatable bonds is 6. The van der Waals surface area contributed by atoms with Gasteiger partial charge in [0, 0.05) is 36.7 Å². The summed E-state index contributed by atoms with van der Waals surface area (Å²) in [7, 11) is 0. The van der Waals surface area contributed by atoms with E-state index in [0.29, 0.717) is 36.1 Å². The van der Waals surface area contributed by atoms with E-state index in [2.05, 4.69) is 32.7 Å². The van der Waals surface area contributed by atoms with Gasteiger partial charge in [0.05, 0.1) is 18.9 Å². The van der Waals surface area contributed by atoms with Crippen LogP contribution in [0.3, 0.4) is 0 Å². The second-order valence-electron chi connectivity index (χ2n) is 9.15. The lowest BCUT2D eigenvalue weighted by atomic mass is 10.0. The van der Waals surface area contributed by atoms with Gasteiger partial charge in [-0.25, -0.2) is 19.3 Å². The van der Waals surface area contributed by atoms with Crippen LogP contribution in [0.2, 0.25) is 0 Å². The standard InChI is InChI=1S/C25H27N7O3/c1-15(2)31-24(33)21-12-28-25(29-18-4-3-16-5-7-26-11-17(16)9-18)30-23(21)32(31)19-6-8-27-22(10-19)35-20-13-34-14-20/h3-4,6,8-10,12,15,20,26H,5,7,11,13-14H2,1-2H3,(H,28,29,30). The van der Waals surface area contributed by atoms with Crippen molar-refractivity contribution in [3.05, 3.63) is 64.2 Å². The fraction of sp³-hybridized carbons (Fsp3) is 0.360. The summed E-state index contributed by atoms with van der Waals surface area (Å²) >= 11 is 0. The highest BCUT2D eigenvalue weighted by Crippen LogP contribution is 2.25. The van der Waals surface area contributed by atoms with E-state index < -0.39 is 0 Å². The Kier molecular flexibility index (Phi) is 5.46. The van der Waals surface area contributed by atoms with Crippen LogP contribution in [0.4, 0.5) is 11.6 Å². The Balaban J connectivity index is 1.41. The highest BCUT2D eigenvalue weighted by Gasteiger charge is 2.23. The summed E-state index contributed by atoms with van der Waals surface area (Å²) in [5, 5.41) is 7.16. The van der Waals surface area contributed by atoms with Gasteiger partial charge < -0.3 is 20.1 Å². The van der Waals surface area contributed by atoms with E-state index in [1.54, 1.807) is 17.1 Å². The van der Waals surface area contributed by atoms with Crippen molar-refractivity contribution in [2.45, 2.75) is 39.0 Å². The SMILES string of the molecule is CC(C)n1c(=O)c2cnc(Nc3ccc4c(c3)CNCC4)nc2n1-c1ccnc(OC2COC2)c1. The Hall–Kier alpha value is -3.76. The predicted molar refractivity (Wildman–Crippen MR) is 132 cm³/mol. The van der Waals surface area contributed by atoms with Crippen molar-refractivity contribution >= 4 is 22.7 Å². The first-order chi connectivity index (χ1) is 17.1. The van der Waals surface area contributed by atoms with Gasteiger partial charge in [-0.1, -0.05) is 6.07 Å². The molecule has 6 rings (SSSR count). The van der Waals surface area contributed by atoms with E-state index >= 15 is 0 Å². The largest absolute Gasteiger partial charge is 0.469 e. The molecule has 0 amide bonds. The first-order valence-electron chi connectivity index (χ1n) is 11.9. The summed E-state index contributed by atoms with van der Waals surface area (Å²) < 4.78 is 14.6. The van der Waals surface area contributed by atoms with Gasteiger partial charge in [0.1, 0.15) is 11.5 Å². The number of benzene rings is 1. The topological polar surface area (TPSA) is 108 Å². The van der Waals surface area contributed by atoms with Gasteiger partial charge in [-0.15, -0.1) is 0 Å². The fourth-order valence-electron chi connectivity index (χ4n) is 4.51. The van der Waals surface area contributed by atoms with Crippen LogP contribution in [0, 0.1) is 0 Å². The van der Waals surface area contributed by atoms with Gasteiger partial charge in [-0.05, 0) is 56.1 Å². The third-order valence-corrected chi connectivity index (χ3v) is 6.32. The minimum atomic E-state index is -0.145. The summed E-state index contributed by atoms with van der Waals surface area (Å²) in [6, 6.07) is 9.88. The van der Waals surface area contributed by atoms with E-state index in [0.717, 1.165) is 30.9 Å². The van der Waals surface area contributed by atoms with Crippen LogP contribution >= 0.6 is 0 Å². The highest BCUT2D eigenvalue weighted by atomic mass is 16.6. The summed E-state index contributed by atoms with van der Waals surface area (Å²) in [6.07, 6.45) is 4.29. The molecule has 0 bridgehead atoms. The number of hydrogen-bond acceptors (Lipinski definition) is 8. The van der Waals surface area contributed by atoms with E-state index in [1.807, 2.05) is 36.7 Å². The van der Waals surface area contributed by atoms with Crippen molar-refractivity contribution in [1.29, 1.82) is 0 Å². The Bertz CT molecular complexity index is 1460. The molecule has 10 heteroatoms. The molecule has 0 atom stereocenters. The Morgan fingerprint density at radius 3 is 2.86 bits per heavy atom. The molecule has 180 valence electrons. The molecule has 1 aromatic carbocycles. The van der Waals surface area contributed by atoms with Gasteiger partial charge >= 0.3 is 0 Å². The third-order valence-electron chi connectivity index (χ3n) is 6.32. The van der Waals surface area contributed by atoms with Crippen molar-refractivity contribution in [3.8, 4) is 11.6 Å². The molecule has 0 spiro atoms. The molecule has 2 N–H and O–H groups in total. The van der Waals surface area contributed by atoms with Crippen LogP contribution < -0.4 is 20.9 Å². The summed E-state index contributed by atoms with van der Waals surface area (Å²) in [6.45, 7) is 6.89. The number of ether oxygens (including phenoxy) is 2. The van der Waals surface area contributed by atoms with Crippen LogP contribution in [0.15, 0.2) is 47.5 Å². The zero-order chi connectivity index (χ0) is 23.9. The first kappa shape index (κ1) is 21.8. The highest BCUT2D eigenvalue weighted by molar-refractivity contribution is 5.77. The molecule has 0 radical (unpaired) electrons. The Labute approximate surface area is 201 Å². The van der Waals surface area contributed by atoms with Crippen LogP contribution in [-0.4, -0.2) is 50.2 Å². The van der Waals surface area contributed by atoms with Gasteiger partial charge in [0.25, 0.3) is 5.56 Å². The van der Waals surface area contributed by atoms with Crippen LogP contribution in [-0.2, 0) is 17.7 Å². The van der Waals surface area contributed by atoms with Crippen LogP contribution in [0.1, 0.15) is 31.0 Å². The molecule has 3 aromatic heterocycles. The molecule has 0 aliphatic carbocycles. The Morgan fingerprint density at radius 2 is 2.06 bits per heavy atom. The van der Waals surface area contributed by atoms with E-state index in [-0.39, 0.29) is 17.7 Å². The molecule has 10 nitrogen and oxygen atoms in total. The van der Waals surface area contributed by atoms with Gasteiger partial charge in [-0.2, -0.15) is 4.98 Å². The molecule has 4 aromatic rings. The van der Waals surface area contributed by atoms with Crippen molar-refractivity contribution in [3.63, 3.8) is 0 Å². The van der Waals surface area contributed by atoms with Gasteiger partial charge in [0.15, 0.2) is 5.65 Å². The van der Waals surface area contributed by atoms with E-state index in [4.69, 9.17) is 14.5 Å². The number of pyridine rings is 1. The van der Waals surface area contributed by atoms with Crippen LogP contribution in [0.25, 0.3) is 16.7 Å². The Morgan fingerprint density at radius 1 is 1.17 bits per heavy atom. The molecule has 1 fully saturated rings. The summed E-state index contributed by atoms with van der Waals surface area (Å²) in [4.78, 5) is 26.8. The first-order valence-corrected chi connectivity index (χ1v) is 11.9. The van der Waals surface area contributed by atoms with Gasteiger partial charge in [0.2, 0.25) is 11.8 Å². The lowest BCUT2D eigenvalue weighted by Gasteiger charge is -2.26. The molecular formula is C25H27N7O3.